The Bertz CT molecular complexity index is 1990. The number of hydrogen-bond acceptors (Lipinski definition) is 9. The number of rotatable bonds is 14. The highest BCUT2D eigenvalue weighted by Gasteiger charge is 2.75. The molecule has 0 unspecified atom stereocenters. The number of aromatic amines is 1. The molecule has 2 atom stereocenters. The van der Waals surface area contributed by atoms with Gasteiger partial charge in [0.2, 0.25) is 5.91 Å². The second-order valence-electron chi connectivity index (χ2n) is 17.3. The van der Waals surface area contributed by atoms with Gasteiger partial charge in [0.1, 0.15) is 11.9 Å². The molecular formula is C41H57N5O9. The Kier molecular flexibility index (Phi) is 12.8. The fraction of sp³-hybridized carbons (Fsp3) is 0.537. The lowest BCUT2D eigenvalue weighted by Gasteiger charge is -2.67. The topological polar surface area (TPSA) is 224 Å². The smallest absolute Gasteiger partial charge is 0.331 e. The van der Waals surface area contributed by atoms with E-state index in [1.165, 1.54) is 12.1 Å². The normalized spacial score (nSPS) is 14.2. The monoisotopic (exact) mass is 763 g/mol. The zero-order valence-corrected chi connectivity index (χ0v) is 33.9. The minimum Gasteiger partial charge on any atom is -0.481 e. The number of amides is 2. The number of nitrogens with zero attached hydrogens (tertiary/aromatic N) is 3. The van der Waals surface area contributed by atoms with E-state index in [1.54, 1.807) is 93.5 Å². The molecule has 2 amide bonds. The molecule has 0 radical (unpaired) electrons. The number of fused-ring (bicyclic) bond motifs is 1. The van der Waals surface area contributed by atoms with E-state index in [9.17, 15) is 39.3 Å². The number of aromatic nitrogens is 2. The van der Waals surface area contributed by atoms with Crippen molar-refractivity contribution in [1.82, 2.24) is 14.9 Å². The van der Waals surface area contributed by atoms with Crippen LogP contribution >= 0.6 is 0 Å². The number of H-pyrrole nitrogens is 1. The summed E-state index contributed by atoms with van der Waals surface area (Å²) in [5, 5.41) is 32.0. The van der Waals surface area contributed by atoms with E-state index in [-0.39, 0.29) is 11.1 Å². The number of carbonyl (C=O) groups excluding carboxylic acids is 2. The zero-order chi connectivity index (χ0) is 42.1. The van der Waals surface area contributed by atoms with Gasteiger partial charge in [0.25, 0.3) is 11.5 Å². The summed E-state index contributed by atoms with van der Waals surface area (Å²) < 4.78 is 0. The van der Waals surface area contributed by atoms with E-state index in [0.29, 0.717) is 40.4 Å². The summed E-state index contributed by atoms with van der Waals surface area (Å²) in [7, 11) is 0. The number of hydrogen-bond donors (Lipinski definition) is 5. The summed E-state index contributed by atoms with van der Waals surface area (Å²) in [5.41, 5.74) is -0.624. The van der Waals surface area contributed by atoms with Gasteiger partial charge in [0, 0.05) is 36.2 Å². The fourth-order valence-electron chi connectivity index (χ4n) is 8.78. The molecular weight excluding hydrogens is 706 g/mol. The Labute approximate surface area is 322 Å². The van der Waals surface area contributed by atoms with Crippen molar-refractivity contribution in [2.24, 2.45) is 27.4 Å². The van der Waals surface area contributed by atoms with Crippen molar-refractivity contribution in [1.29, 1.82) is 0 Å². The highest BCUT2D eigenvalue weighted by molar-refractivity contribution is 6.09. The maximum atomic E-state index is 15.1. The molecule has 55 heavy (non-hydrogen) atoms. The van der Waals surface area contributed by atoms with Crippen LogP contribution in [0.15, 0.2) is 47.3 Å². The Morgan fingerprint density at radius 2 is 1.42 bits per heavy atom. The number of carbonyl (C=O) groups is 5. The van der Waals surface area contributed by atoms with Gasteiger partial charge in [-0.15, -0.1) is 0 Å². The molecule has 1 heterocycles. The molecule has 3 aromatic rings. The van der Waals surface area contributed by atoms with Gasteiger partial charge in [-0.1, -0.05) is 68.4 Å². The highest BCUT2D eigenvalue weighted by atomic mass is 16.4. The summed E-state index contributed by atoms with van der Waals surface area (Å²) in [6.07, 6.45) is -1.74. The number of imide groups is 1. The van der Waals surface area contributed by atoms with Crippen molar-refractivity contribution in [2.75, 3.05) is 11.4 Å². The van der Waals surface area contributed by atoms with E-state index in [4.69, 9.17) is 5.73 Å². The third-order valence-corrected chi connectivity index (χ3v) is 10.9. The van der Waals surface area contributed by atoms with Gasteiger partial charge in [-0.05, 0) is 78.5 Å². The molecule has 300 valence electrons. The number of nitrogens with one attached hydrogen (secondary N) is 1. The molecule has 0 aliphatic carbocycles. The lowest BCUT2D eigenvalue weighted by Crippen LogP contribution is -2.79. The maximum absolute atomic E-state index is 15.1. The second kappa shape index (κ2) is 15.9. The maximum Gasteiger partial charge on any atom is 0.331 e. The summed E-state index contributed by atoms with van der Waals surface area (Å²) in [6.45, 7) is 19.5. The molecule has 0 aliphatic rings. The number of benzene rings is 2. The van der Waals surface area contributed by atoms with Gasteiger partial charge < -0.3 is 30.9 Å². The Morgan fingerprint density at radius 1 is 0.855 bits per heavy atom. The number of carboxylic acids is 3. The van der Waals surface area contributed by atoms with Crippen LogP contribution in [-0.4, -0.2) is 78.0 Å². The van der Waals surface area contributed by atoms with E-state index >= 15 is 4.79 Å². The molecule has 14 heteroatoms. The molecule has 2 aromatic carbocycles. The Morgan fingerprint density at radius 3 is 1.87 bits per heavy atom. The lowest BCUT2D eigenvalue weighted by atomic mass is 9.40. The molecule has 0 saturated heterocycles. The number of aryl methyl sites for hydroxylation is 1. The van der Waals surface area contributed by atoms with Crippen molar-refractivity contribution in [3.05, 3.63) is 69.8 Å². The number of anilines is 1. The Hall–Kier alpha value is -5.11. The second-order valence-corrected chi connectivity index (χ2v) is 17.3. The molecule has 0 spiro atoms. The van der Waals surface area contributed by atoms with Gasteiger partial charge in [-0.2, -0.15) is 0 Å². The van der Waals surface area contributed by atoms with Crippen molar-refractivity contribution in [3.8, 4) is 0 Å². The van der Waals surface area contributed by atoms with Crippen LogP contribution in [0.2, 0.25) is 0 Å². The van der Waals surface area contributed by atoms with Gasteiger partial charge in [-0.3, -0.25) is 28.9 Å². The van der Waals surface area contributed by atoms with Gasteiger partial charge in [0.15, 0.2) is 5.54 Å². The first-order chi connectivity index (χ1) is 25.2. The van der Waals surface area contributed by atoms with Crippen LogP contribution in [0.1, 0.15) is 110 Å². The van der Waals surface area contributed by atoms with Crippen LogP contribution in [0, 0.1) is 28.6 Å². The predicted octanol–water partition coefficient (Wildman–Crippen LogP) is 5.84. The quantitative estimate of drug-likeness (QED) is 0.131. The zero-order valence-electron chi connectivity index (χ0n) is 33.9. The molecule has 0 bridgehead atoms. The SMILES string of the molecule is CCN(Cc1ccc2nc(C)[nH]c(=O)c2c1)c1ccc(C(=O)N(C(=O)CC[C@H](N)C(=O)O)[C@](C(=O)O)(C(C)(C)C)C(CC(=O)O)(C(C)(C)C)C(C)(C)C)cc1. The van der Waals surface area contributed by atoms with Crippen molar-refractivity contribution >= 4 is 46.3 Å². The van der Waals surface area contributed by atoms with E-state index < -0.39 is 82.2 Å². The third-order valence-electron chi connectivity index (χ3n) is 10.9. The summed E-state index contributed by atoms with van der Waals surface area (Å²) in [4.78, 5) is 91.0. The summed E-state index contributed by atoms with van der Waals surface area (Å²) in [5.74, 6) is -5.76. The minimum atomic E-state index is -2.52. The number of carboxylic acid groups (broad SMARTS) is 3. The van der Waals surface area contributed by atoms with Crippen LogP contribution in [0.5, 0.6) is 0 Å². The van der Waals surface area contributed by atoms with Crippen LogP contribution < -0.4 is 16.2 Å². The minimum absolute atomic E-state index is 0.0451. The van der Waals surface area contributed by atoms with Gasteiger partial charge >= 0.3 is 17.9 Å². The summed E-state index contributed by atoms with van der Waals surface area (Å²) in [6, 6.07) is 10.2. The van der Waals surface area contributed by atoms with Crippen molar-refractivity contribution < 1.29 is 39.3 Å². The van der Waals surface area contributed by atoms with Crippen LogP contribution in [0.4, 0.5) is 5.69 Å². The van der Waals surface area contributed by atoms with Crippen molar-refractivity contribution in [3.63, 3.8) is 0 Å². The first-order valence-corrected chi connectivity index (χ1v) is 18.3. The van der Waals surface area contributed by atoms with Crippen LogP contribution in [0.25, 0.3) is 10.9 Å². The van der Waals surface area contributed by atoms with Crippen molar-refractivity contribution in [2.45, 2.75) is 114 Å². The molecule has 6 N–H and O–H groups in total. The summed E-state index contributed by atoms with van der Waals surface area (Å²) >= 11 is 0. The predicted molar refractivity (Wildman–Crippen MR) is 210 cm³/mol. The largest absolute Gasteiger partial charge is 0.481 e. The molecule has 1 aromatic heterocycles. The van der Waals surface area contributed by atoms with Crippen LogP contribution in [0.3, 0.4) is 0 Å². The third kappa shape index (κ3) is 8.29. The van der Waals surface area contributed by atoms with Gasteiger partial charge in [0.05, 0.1) is 17.3 Å². The van der Waals surface area contributed by atoms with E-state index in [1.807, 2.05) is 17.9 Å². The molecule has 0 aliphatic heterocycles. The molecule has 14 nitrogen and oxygen atoms in total. The molecule has 0 fully saturated rings. The average molecular weight is 764 g/mol. The van der Waals surface area contributed by atoms with E-state index in [0.717, 1.165) is 5.56 Å². The number of nitrogens with two attached hydrogens (primary N) is 1. The molecule has 3 rings (SSSR count). The van der Waals surface area contributed by atoms with Gasteiger partial charge in [-0.25, -0.2) is 9.78 Å². The first kappa shape index (κ1) is 44.3. The average Bonchev–Trinajstić information content (AvgIpc) is 3.05. The van der Waals surface area contributed by atoms with E-state index in [2.05, 4.69) is 9.97 Å². The van der Waals surface area contributed by atoms with Crippen LogP contribution in [-0.2, 0) is 25.7 Å². The Balaban J connectivity index is 2.30. The fourth-order valence-corrected chi connectivity index (χ4v) is 8.78. The lowest BCUT2D eigenvalue weighted by molar-refractivity contribution is -0.220. The first-order valence-electron chi connectivity index (χ1n) is 18.3. The molecule has 0 saturated carbocycles. The number of aliphatic carboxylic acids is 3. The highest BCUT2D eigenvalue weighted by Crippen LogP contribution is 2.66. The standard InChI is InChI=1S/C41H57N5O9/c1-12-45(23-25-13-19-30-28(21-25)33(50)44-24(2)43-30)27-16-14-26(15-17-27)34(51)46(31(47)20-18-29(42)35(52)53)41(36(54)55,39(9,10)11)40(22-32(48)49,37(3,4)5)38(6,7)8/h13-17,19,21,29H,12,18,20,22-23,42H2,1-11H3,(H,48,49)(H,52,53)(H,54,55)(H,43,44,50)/t29-,41+/m0/s1.